The molecule has 1 unspecified atom stereocenters. The Balaban J connectivity index is 1.67. The van der Waals surface area contributed by atoms with Crippen LogP contribution in [0.3, 0.4) is 0 Å². The number of aliphatic hydroxyl groups excluding tert-OH is 10. The molecule has 15 heteroatoms. The first-order chi connectivity index (χ1) is 15.1. The molecule has 0 aromatic heterocycles. The molecule has 0 aromatic carbocycles. The standard InChI is InChI=1S/C17H30O15/c18-1-4-7(20)9(22)12(25)17(29-4)32-14-5(2-19)30-16(13(26)10(14)23)31-6-3-28-15(27)11(24)8(6)21/h4-27H,1-3H2/t4-,5-,6-,7-,8+,9+,10-,11-,12-,13-,14-,15?,16+,17+/m1/s1. The monoisotopic (exact) mass is 474 g/mol. The molecule has 32 heavy (non-hydrogen) atoms. The first kappa shape index (κ1) is 26.0. The molecule has 0 spiro atoms. The highest BCUT2D eigenvalue weighted by Gasteiger charge is 2.52. The molecule has 3 rings (SSSR count). The van der Waals surface area contributed by atoms with E-state index in [-0.39, 0.29) is 6.61 Å². The van der Waals surface area contributed by atoms with Gasteiger partial charge in [0.25, 0.3) is 0 Å². The summed E-state index contributed by atoms with van der Waals surface area (Å²) in [6, 6.07) is 0. The molecule has 15 nitrogen and oxygen atoms in total. The lowest BCUT2D eigenvalue weighted by molar-refractivity contribution is -0.371. The van der Waals surface area contributed by atoms with Gasteiger partial charge in [0.1, 0.15) is 67.1 Å². The zero-order valence-electron chi connectivity index (χ0n) is 16.7. The van der Waals surface area contributed by atoms with Gasteiger partial charge in [0.2, 0.25) is 0 Å². The molecule has 188 valence electrons. The van der Waals surface area contributed by atoms with Gasteiger partial charge in [-0.3, -0.25) is 0 Å². The van der Waals surface area contributed by atoms with E-state index in [1.165, 1.54) is 0 Å². The lowest BCUT2D eigenvalue weighted by Gasteiger charge is -2.47. The first-order valence-electron chi connectivity index (χ1n) is 10.00. The quantitative estimate of drug-likeness (QED) is 0.172. The molecule has 10 N–H and O–H groups in total. The van der Waals surface area contributed by atoms with E-state index in [4.69, 9.17) is 23.7 Å². The van der Waals surface area contributed by atoms with Crippen LogP contribution in [0.2, 0.25) is 0 Å². The molecule has 3 aliphatic rings. The van der Waals surface area contributed by atoms with Crippen LogP contribution in [0.1, 0.15) is 0 Å². The summed E-state index contributed by atoms with van der Waals surface area (Å²) in [5.74, 6) is 0. The van der Waals surface area contributed by atoms with E-state index in [1.807, 2.05) is 0 Å². The van der Waals surface area contributed by atoms with Gasteiger partial charge in [-0.05, 0) is 0 Å². The second-order valence-electron chi connectivity index (χ2n) is 7.88. The van der Waals surface area contributed by atoms with E-state index in [9.17, 15) is 51.1 Å². The van der Waals surface area contributed by atoms with Crippen molar-refractivity contribution in [2.24, 2.45) is 0 Å². The van der Waals surface area contributed by atoms with Gasteiger partial charge in [-0.25, -0.2) is 0 Å². The van der Waals surface area contributed by atoms with E-state index in [0.717, 1.165) is 0 Å². The van der Waals surface area contributed by atoms with Crippen LogP contribution in [0.15, 0.2) is 0 Å². The van der Waals surface area contributed by atoms with E-state index >= 15 is 0 Å². The van der Waals surface area contributed by atoms with Crippen LogP contribution in [0.5, 0.6) is 0 Å². The van der Waals surface area contributed by atoms with Crippen molar-refractivity contribution in [2.75, 3.05) is 19.8 Å². The fourth-order valence-electron chi connectivity index (χ4n) is 3.74. The van der Waals surface area contributed by atoms with E-state index in [1.54, 1.807) is 0 Å². The SMILES string of the molecule is OC[C@H]1O[C@@H](O[C@H]2[C@H](O)[C@@H](O)[C@H](O[C@@H]3COC(O)[C@H](O)[C@H]3O)O[C@@H]2CO)[C@H](O)[C@@H](O)[C@@H]1O. The normalized spacial score (nSPS) is 52.7. The fraction of sp³-hybridized carbons (Fsp3) is 1.00. The summed E-state index contributed by atoms with van der Waals surface area (Å²) in [6.45, 7) is -1.86. The van der Waals surface area contributed by atoms with Gasteiger partial charge in [0.15, 0.2) is 18.9 Å². The Labute approximate surface area is 181 Å². The lowest BCUT2D eigenvalue weighted by Crippen LogP contribution is -2.65. The van der Waals surface area contributed by atoms with E-state index in [0.29, 0.717) is 0 Å². The maximum Gasteiger partial charge on any atom is 0.187 e. The Morgan fingerprint density at radius 3 is 1.78 bits per heavy atom. The minimum absolute atomic E-state index is 0.378. The van der Waals surface area contributed by atoms with Crippen LogP contribution in [0.4, 0.5) is 0 Å². The van der Waals surface area contributed by atoms with Crippen LogP contribution in [-0.2, 0) is 23.7 Å². The van der Waals surface area contributed by atoms with Gasteiger partial charge in [-0.15, -0.1) is 0 Å². The summed E-state index contributed by atoms with van der Waals surface area (Å²) >= 11 is 0. The molecule has 0 aromatic rings. The topological polar surface area (TPSA) is 248 Å². The zero-order valence-corrected chi connectivity index (χ0v) is 16.7. The smallest absolute Gasteiger partial charge is 0.187 e. The third-order valence-electron chi connectivity index (χ3n) is 5.72. The molecule has 0 amide bonds. The second-order valence-corrected chi connectivity index (χ2v) is 7.88. The van der Waals surface area contributed by atoms with Gasteiger partial charge in [-0.2, -0.15) is 0 Å². The fourth-order valence-corrected chi connectivity index (χ4v) is 3.74. The third-order valence-corrected chi connectivity index (χ3v) is 5.72. The predicted molar refractivity (Wildman–Crippen MR) is 95.2 cm³/mol. The van der Waals surface area contributed by atoms with Crippen LogP contribution >= 0.6 is 0 Å². The molecule has 0 radical (unpaired) electrons. The van der Waals surface area contributed by atoms with Crippen LogP contribution in [0.25, 0.3) is 0 Å². The Kier molecular flexibility index (Phi) is 8.75. The van der Waals surface area contributed by atoms with Gasteiger partial charge in [0, 0.05) is 0 Å². The van der Waals surface area contributed by atoms with Crippen LogP contribution in [-0.4, -0.2) is 157 Å². The van der Waals surface area contributed by atoms with Crippen molar-refractivity contribution >= 4 is 0 Å². The number of hydrogen-bond acceptors (Lipinski definition) is 15. The summed E-state index contributed by atoms with van der Waals surface area (Å²) in [4.78, 5) is 0. The van der Waals surface area contributed by atoms with Gasteiger partial charge in [-0.1, -0.05) is 0 Å². The predicted octanol–water partition coefficient (Wildman–Crippen LogP) is -6.93. The van der Waals surface area contributed by atoms with Crippen molar-refractivity contribution in [3.05, 3.63) is 0 Å². The Morgan fingerprint density at radius 2 is 1.16 bits per heavy atom. The average Bonchev–Trinajstić information content (AvgIpc) is 2.78. The number of ether oxygens (including phenoxy) is 5. The summed E-state index contributed by atoms with van der Waals surface area (Å²) in [7, 11) is 0. The Morgan fingerprint density at radius 1 is 0.594 bits per heavy atom. The van der Waals surface area contributed by atoms with Crippen molar-refractivity contribution < 1.29 is 74.7 Å². The second kappa shape index (κ2) is 10.8. The van der Waals surface area contributed by atoms with Crippen molar-refractivity contribution in [1.29, 1.82) is 0 Å². The molecule has 14 atom stereocenters. The van der Waals surface area contributed by atoms with E-state index in [2.05, 4.69) is 0 Å². The van der Waals surface area contributed by atoms with Crippen molar-refractivity contribution in [3.63, 3.8) is 0 Å². The number of rotatable bonds is 6. The minimum Gasteiger partial charge on any atom is -0.394 e. The van der Waals surface area contributed by atoms with Crippen molar-refractivity contribution in [1.82, 2.24) is 0 Å². The van der Waals surface area contributed by atoms with Gasteiger partial charge in [0.05, 0.1) is 19.8 Å². The molecule has 0 saturated carbocycles. The van der Waals surface area contributed by atoms with Crippen molar-refractivity contribution in [2.45, 2.75) is 86.0 Å². The largest absolute Gasteiger partial charge is 0.394 e. The minimum atomic E-state index is -1.82. The van der Waals surface area contributed by atoms with Crippen molar-refractivity contribution in [3.8, 4) is 0 Å². The number of hydrogen-bond donors (Lipinski definition) is 10. The molecular formula is C17H30O15. The first-order valence-corrected chi connectivity index (χ1v) is 10.00. The lowest BCUT2D eigenvalue weighted by atomic mass is 9.97. The summed E-state index contributed by atoms with van der Waals surface area (Å²) in [6.07, 6.45) is -22.5. The molecule has 3 saturated heterocycles. The molecule has 0 bridgehead atoms. The zero-order chi connectivity index (χ0) is 23.7. The summed E-state index contributed by atoms with van der Waals surface area (Å²) in [5.41, 5.74) is 0. The molecule has 3 fully saturated rings. The highest BCUT2D eigenvalue weighted by molar-refractivity contribution is 4.95. The summed E-state index contributed by atoms with van der Waals surface area (Å²) < 4.78 is 26.2. The average molecular weight is 474 g/mol. The van der Waals surface area contributed by atoms with Crippen LogP contribution < -0.4 is 0 Å². The van der Waals surface area contributed by atoms with Gasteiger partial charge < -0.3 is 74.7 Å². The Hall–Kier alpha value is -0.600. The summed E-state index contributed by atoms with van der Waals surface area (Å²) in [5, 5.41) is 98.8. The number of aliphatic hydroxyl groups is 10. The Bertz CT molecular complexity index is 592. The molecule has 3 aliphatic heterocycles. The highest BCUT2D eigenvalue weighted by Crippen LogP contribution is 2.30. The molecular weight excluding hydrogens is 444 g/mol. The maximum atomic E-state index is 10.5. The molecule has 0 aliphatic carbocycles. The third kappa shape index (κ3) is 5.07. The highest BCUT2D eigenvalue weighted by atomic mass is 16.7. The van der Waals surface area contributed by atoms with Crippen LogP contribution in [0, 0.1) is 0 Å². The van der Waals surface area contributed by atoms with E-state index < -0.39 is 99.2 Å². The maximum absolute atomic E-state index is 10.5. The van der Waals surface area contributed by atoms with Gasteiger partial charge >= 0.3 is 0 Å². The molecule has 3 heterocycles.